The van der Waals surface area contributed by atoms with Gasteiger partial charge in [0.05, 0.1) is 10.7 Å². The van der Waals surface area contributed by atoms with Crippen LogP contribution in [0.3, 0.4) is 0 Å². The van der Waals surface area contributed by atoms with Crippen LogP contribution in [0.2, 0.25) is 0 Å². The molecule has 0 aromatic carbocycles. The Morgan fingerprint density at radius 2 is 2.33 bits per heavy atom. The molecule has 6 nitrogen and oxygen atoms in total. The molecule has 0 aliphatic carbocycles. The summed E-state index contributed by atoms with van der Waals surface area (Å²) in [7, 11) is 1.76. The Labute approximate surface area is 129 Å². The Hall–Kier alpha value is -1.63. The molecule has 7 heteroatoms. The normalized spacial score (nSPS) is 19.3. The number of nitrogens with one attached hydrogen (secondary N) is 3. The summed E-state index contributed by atoms with van der Waals surface area (Å²) in [6, 6.07) is 0.251. The van der Waals surface area contributed by atoms with Crippen LogP contribution in [0.1, 0.15) is 28.4 Å². The molecule has 1 atom stereocenters. The lowest BCUT2D eigenvalue weighted by atomic mass is 10.1. The van der Waals surface area contributed by atoms with E-state index in [1.54, 1.807) is 18.4 Å². The Morgan fingerprint density at radius 3 is 2.90 bits per heavy atom. The van der Waals surface area contributed by atoms with Crippen molar-refractivity contribution in [3.8, 4) is 0 Å². The fourth-order valence-corrected chi connectivity index (χ4v) is 3.28. The van der Waals surface area contributed by atoms with Gasteiger partial charge in [-0.3, -0.25) is 9.79 Å². The Balaban J connectivity index is 1.75. The minimum atomic E-state index is 0.132. The van der Waals surface area contributed by atoms with Crippen molar-refractivity contribution in [3.63, 3.8) is 0 Å². The van der Waals surface area contributed by atoms with Crippen molar-refractivity contribution < 1.29 is 4.79 Å². The molecule has 21 heavy (non-hydrogen) atoms. The number of piperidine rings is 1. The van der Waals surface area contributed by atoms with E-state index in [0.29, 0.717) is 13.0 Å². The van der Waals surface area contributed by atoms with E-state index in [1.165, 1.54) is 4.88 Å². The second-order valence-electron chi connectivity index (χ2n) is 5.17. The van der Waals surface area contributed by atoms with Crippen LogP contribution in [-0.4, -0.2) is 43.0 Å². The van der Waals surface area contributed by atoms with Gasteiger partial charge in [0.1, 0.15) is 0 Å². The predicted octanol–water partition coefficient (Wildman–Crippen LogP) is 0.746. The third-order valence-corrected chi connectivity index (χ3v) is 4.61. The van der Waals surface area contributed by atoms with Crippen LogP contribution >= 0.6 is 11.3 Å². The van der Waals surface area contributed by atoms with Gasteiger partial charge in [-0.25, -0.2) is 4.98 Å². The van der Waals surface area contributed by atoms with E-state index < -0.39 is 0 Å². The summed E-state index contributed by atoms with van der Waals surface area (Å²) in [5.74, 6) is 0.919. The molecule has 3 N–H and O–H groups in total. The average molecular weight is 309 g/mol. The van der Waals surface area contributed by atoms with Gasteiger partial charge in [-0.05, 0) is 20.3 Å². The van der Waals surface area contributed by atoms with Gasteiger partial charge in [0.15, 0.2) is 5.96 Å². The van der Waals surface area contributed by atoms with E-state index in [9.17, 15) is 4.79 Å². The van der Waals surface area contributed by atoms with Gasteiger partial charge in [0, 0.05) is 43.9 Å². The van der Waals surface area contributed by atoms with E-state index in [4.69, 9.17) is 0 Å². The zero-order valence-electron chi connectivity index (χ0n) is 12.8. The summed E-state index contributed by atoms with van der Waals surface area (Å²) >= 11 is 1.75. The second kappa shape index (κ2) is 7.40. The lowest BCUT2D eigenvalue weighted by Crippen LogP contribution is -2.51. The van der Waals surface area contributed by atoms with E-state index in [2.05, 4.69) is 32.9 Å². The molecule has 116 valence electrons. The van der Waals surface area contributed by atoms with Crippen molar-refractivity contribution in [2.24, 2.45) is 4.99 Å². The van der Waals surface area contributed by atoms with Crippen LogP contribution in [0, 0.1) is 13.8 Å². The van der Waals surface area contributed by atoms with E-state index in [-0.39, 0.29) is 11.9 Å². The molecule has 0 spiro atoms. The molecule has 0 saturated carbocycles. The highest BCUT2D eigenvalue weighted by Crippen LogP contribution is 2.17. The number of amides is 1. The number of aromatic nitrogens is 1. The maximum Gasteiger partial charge on any atom is 0.220 e. The molecular formula is C14H23N5OS. The number of hydrogen-bond acceptors (Lipinski definition) is 4. The molecule has 2 heterocycles. The number of guanidine groups is 1. The van der Waals surface area contributed by atoms with Crippen molar-refractivity contribution in [2.75, 3.05) is 20.1 Å². The van der Waals surface area contributed by atoms with Gasteiger partial charge in [-0.15, -0.1) is 11.3 Å². The van der Waals surface area contributed by atoms with Crippen LogP contribution in [0.5, 0.6) is 0 Å². The first-order valence-corrected chi connectivity index (χ1v) is 8.07. The number of carbonyl (C=O) groups is 1. The van der Waals surface area contributed by atoms with Crippen molar-refractivity contribution in [3.05, 3.63) is 15.6 Å². The number of nitrogens with zero attached hydrogens (tertiary/aromatic N) is 2. The lowest BCUT2D eigenvalue weighted by molar-refractivity contribution is -0.122. The fraction of sp³-hybridized carbons (Fsp3) is 0.643. The highest BCUT2D eigenvalue weighted by Gasteiger charge is 2.18. The summed E-state index contributed by atoms with van der Waals surface area (Å²) in [6.45, 7) is 5.57. The van der Waals surface area contributed by atoms with Gasteiger partial charge >= 0.3 is 0 Å². The first-order valence-electron chi connectivity index (χ1n) is 7.25. The number of hydrogen-bond donors (Lipinski definition) is 3. The van der Waals surface area contributed by atoms with Gasteiger partial charge in [-0.1, -0.05) is 0 Å². The Kier molecular flexibility index (Phi) is 5.55. The molecule has 1 aromatic heterocycles. The largest absolute Gasteiger partial charge is 0.356 e. The first kappa shape index (κ1) is 15.8. The zero-order chi connectivity index (χ0) is 15.2. The molecule has 2 rings (SSSR count). The van der Waals surface area contributed by atoms with Gasteiger partial charge in [0.25, 0.3) is 0 Å². The number of thiazole rings is 1. The Bertz CT molecular complexity index is 515. The fourth-order valence-electron chi connectivity index (χ4n) is 2.34. The highest BCUT2D eigenvalue weighted by molar-refractivity contribution is 7.11. The zero-order valence-corrected chi connectivity index (χ0v) is 13.6. The van der Waals surface area contributed by atoms with Crippen LogP contribution in [0.15, 0.2) is 4.99 Å². The third-order valence-electron chi connectivity index (χ3n) is 3.47. The summed E-state index contributed by atoms with van der Waals surface area (Å²) in [5, 5.41) is 10.6. The topological polar surface area (TPSA) is 78.4 Å². The predicted molar refractivity (Wildman–Crippen MR) is 85.8 cm³/mol. The summed E-state index contributed by atoms with van der Waals surface area (Å²) in [4.78, 5) is 21.1. The third kappa shape index (κ3) is 4.70. The van der Waals surface area contributed by atoms with Crippen molar-refractivity contribution >= 4 is 23.2 Å². The second-order valence-corrected chi connectivity index (χ2v) is 6.46. The maximum absolute atomic E-state index is 11.1. The average Bonchev–Trinajstić information content (AvgIpc) is 2.78. The summed E-state index contributed by atoms with van der Waals surface area (Å²) in [5.41, 5.74) is 1.12. The molecular weight excluding hydrogens is 286 g/mol. The molecule has 1 fully saturated rings. The van der Waals surface area contributed by atoms with Gasteiger partial charge in [0.2, 0.25) is 5.91 Å². The standard InChI is InChI=1S/C14H23N5OS/c1-9-12(21-10(2)18-9)6-7-16-14(15-3)19-11-4-5-13(20)17-8-11/h11H,4-8H2,1-3H3,(H,17,20)(H2,15,16,19). The number of carbonyl (C=O) groups excluding carboxylic acids is 1. The van der Waals surface area contributed by atoms with E-state index >= 15 is 0 Å². The number of rotatable bonds is 4. The SMILES string of the molecule is CN=C(NCCc1sc(C)nc1C)NC1CCC(=O)NC1. The van der Waals surface area contributed by atoms with Crippen LogP contribution in [0.25, 0.3) is 0 Å². The van der Waals surface area contributed by atoms with Gasteiger partial charge in [-0.2, -0.15) is 0 Å². The van der Waals surface area contributed by atoms with Crippen molar-refractivity contribution in [1.29, 1.82) is 0 Å². The maximum atomic E-state index is 11.1. The minimum absolute atomic E-state index is 0.132. The highest BCUT2D eigenvalue weighted by atomic mass is 32.1. The number of aryl methyl sites for hydroxylation is 2. The molecule has 0 bridgehead atoms. The van der Waals surface area contributed by atoms with Gasteiger partial charge < -0.3 is 16.0 Å². The van der Waals surface area contributed by atoms with Crippen molar-refractivity contribution in [1.82, 2.24) is 20.9 Å². The van der Waals surface area contributed by atoms with E-state index in [1.807, 2.05) is 6.92 Å². The number of aliphatic imine (C=N–C) groups is 1. The van der Waals surface area contributed by atoms with Crippen LogP contribution < -0.4 is 16.0 Å². The first-order chi connectivity index (χ1) is 10.1. The monoisotopic (exact) mass is 309 g/mol. The lowest BCUT2D eigenvalue weighted by Gasteiger charge is -2.25. The van der Waals surface area contributed by atoms with Crippen LogP contribution in [-0.2, 0) is 11.2 Å². The molecule has 1 saturated heterocycles. The summed E-state index contributed by atoms with van der Waals surface area (Å²) in [6.07, 6.45) is 2.37. The minimum Gasteiger partial charge on any atom is -0.356 e. The molecule has 1 aliphatic heterocycles. The Morgan fingerprint density at radius 1 is 1.52 bits per heavy atom. The quantitative estimate of drug-likeness (QED) is 0.566. The smallest absolute Gasteiger partial charge is 0.220 e. The van der Waals surface area contributed by atoms with Crippen LogP contribution in [0.4, 0.5) is 0 Å². The van der Waals surface area contributed by atoms with E-state index in [0.717, 1.165) is 36.0 Å². The molecule has 1 amide bonds. The molecule has 1 unspecified atom stereocenters. The molecule has 1 aromatic rings. The molecule has 1 aliphatic rings. The molecule has 0 radical (unpaired) electrons. The summed E-state index contributed by atoms with van der Waals surface area (Å²) < 4.78 is 0. The van der Waals surface area contributed by atoms with Crippen molar-refractivity contribution in [2.45, 2.75) is 39.2 Å².